The maximum absolute atomic E-state index is 10.1. The average Bonchev–Trinajstić information content (AvgIpc) is 3.33. The molecule has 2 unspecified atom stereocenters. The van der Waals surface area contributed by atoms with E-state index in [1.165, 1.54) is 16.0 Å². The van der Waals surface area contributed by atoms with Gasteiger partial charge in [0.05, 0.1) is 11.6 Å². The van der Waals surface area contributed by atoms with Crippen LogP contribution in [-0.2, 0) is 6.42 Å². The predicted octanol–water partition coefficient (Wildman–Crippen LogP) is 6.85. The van der Waals surface area contributed by atoms with Crippen LogP contribution in [0.5, 0.6) is 5.75 Å². The van der Waals surface area contributed by atoms with Crippen LogP contribution in [0.2, 0.25) is 5.02 Å². The molecule has 2 aromatic carbocycles. The first kappa shape index (κ1) is 23.7. The molecule has 30 heavy (non-hydrogen) atoms. The van der Waals surface area contributed by atoms with Gasteiger partial charge in [-0.15, -0.1) is 12.4 Å². The largest absolute Gasteiger partial charge is 0.475 e. The smallest absolute Gasteiger partial charge is 0.158 e. The van der Waals surface area contributed by atoms with E-state index in [-0.39, 0.29) is 30.1 Å². The van der Waals surface area contributed by atoms with E-state index in [0.29, 0.717) is 6.04 Å². The minimum Gasteiger partial charge on any atom is -0.475 e. The van der Waals surface area contributed by atoms with Crippen molar-refractivity contribution >= 4 is 35.8 Å². The third kappa shape index (κ3) is 4.78. The first-order valence-corrected chi connectivity index (χ1v) is 11.9. The highest BCUT2D eigenvalue weighted by atomic mass is 35.5. The van der Waals surface area contributed by atoms with E-state index < -0.39 is 0 Å². The highest BCUT2D eigenvalue weighted by molar-refractivity contribution is 8.00. The number of rotatable bonds is 7. The summed E-state index contributed by atoms with van der Waals surface area (Å²) in [5.41, 5.74) is 2.60. The van der Waals surface area contributed by atoms with Crippen molar-refractivity contribution in [3.63, 3.8) is 0 Å². The van der Waals surface area contributed by atoms with Crippen LogP contribution in [0.3, 0.4) is 0 Å². The summed E-state index contributed by atoms with van der Waals surface area (Å²) in [6, 6.07) is 15.4. The highest BCUT2D eigenvalue weighted by Crippen LogP contribution is 2.52. The molecule has 0 bridgehead atoms. The SMILES string of the molecule is CCC1(CC)Oc2ccc(C3CCC(CCc4ccc(Cl)cc4)N3CO)cc2S1.Cl. The van der Waals surface area contributed by atoms with Crippen LogP contribution in [0.1, 0.15) is 63.1 Å². The summed E-state index contributed by atoms with van der Waals surface area (Å²) >= 11 is 7.86. The fourth-order valence-corrected chi connectivity index (χ4v) is 6.01. The van der Waals surface area contributed by atoms with E-state index in [1.807, 2.05) is 23.9 Å². The highest BCUT2D eigenvalue weighted by Gasteiger charge is 2.39. The van der Waals surface area contributed by atoms with Crippen molar-refractivity contribution in [3.8, 4) is 5.75 Å². The summed E-state index contributed by atoms with van der Waals surface area (Å²) in [6.07, 6.45) is 6.26. The van der Waals surface area contributed by atoms with E-state index in [1.54, 1.807) is 0 Å². The van der Waals surface area contributed by atoms with Gasteiger partial charge in [0.1, 0.15) is 5.75 Å². The lowest BCUT2D eigenvalue weighted by Crippen LogP contribution is -2.32. The number of benzene rings is 2. The topological polar surface area (TPSA) is 32.7 Å². The molecule has 0 saturated carbocycles. The maximum atomic E-state index is 10.1. The average molecular weight is 468 g/mol. The van der Waals surface area contributed by atoms with Gasteiger partial charge in [-0.25, -0.2) is 0 Å². The first-order valence-electron chi connectivity index (χ1n) is 10.7. The van der Waals surface area contributed by atoms with Crippen molar-refractivity contribution in [2.75, 3.05) is 6.73 Å². The van der Waals surface area contributed by atoms with Gasteiger partial charge in [-0.05, 0) is 73.9 Å². The number of aliphatic hydroxyl groups excluding tert-OH is 1. The second-order valence-corrected chi connectivity index (χ2v) is 9.92. The minimum absolute atomic E-state index is 0. The Labute approximate surface area is 195 Å². The summed E-state index contributed by atoms with van der Waals surface area (Å²) < 4.78 is 6.27. The molecular formula is C24H31Cl2NO2S. The van der Waals surface area contributed by atoms with Crippen LogP contribution in [0, 0.1) is 0 Å². The molecule has 3 nitrogen and oxygen atoms in total. The maximum Gasteiger partial charge on any atom is 0.158 e. The number of likely N-dealkylation sites (tertiary alicyclic amines) is 1. The monoisotopic (exact) mass is 467 g/mol. The second-order valence-electron chi connectivity index (χ2n) is 8.10. The van der Waals surface area contributed by atoms with E-state index >= 15 is 0 Å². The van der Waals surface area contributed by atoms with E-state index in [2.05, 4.69) is 49.1 Å². The number of aryl methyl sites for hydroxylation is 1. The van der Waals surface area contributed by atoms with Gasteiger partial charge in [-0.3, -0.25) is 4.90 Å². The molecule has 4 rings (SSSR count). The molecular weight excluding hydrogens is 437 g/mol. The lowest BCUT2D eigenvalue weighted by Gasteiger charge is -2.28. The molecule has 164 valence electrons. The number of nitrogens with zero attached hydrogens (tertiary/aromatic N) is 1. The molecule has 2 aliphatic heterocycles. The van der Waals surface area contributed by atoms with Gasteiger partial charge in [0.15, 0.2) is 4.93 Å². The fourth-order valence-electron chi connectivity index (χ4n) is 4.66. The van der Waals surface area contributed by atoms with Gasteiger partial charge in [0.25, 0.3) is 0 Å². The minimum atomic E-state index is -0.117. The van der Waals surface area contributed by atoms with E-state index in [9.17, 15) is 5.11 Å². The lowest BCUT2D eigenvalue weighted by atomic mass is 10.0. The number of hydrogen-bond acceptors (Lipinski definition) is 4. The van der Waals surface area contributed by atoms with Crippen molar-refractivity contribution in [1.29, 1.82) is 0 Å². The number of thioether (sulfide) groups is 1. The molecule has 1 fully saturated rings. The molecule has 1 saturated heterocycles. The number of ether oxygens (including phenoxy) is 1. The Hall–Kier alpha value is -0.910. The van der Waals surface area contributed by atoms with E-state index in [0.717, 1.165) is 49.3 Å². The number of halogens is 2. The Morgan fingerprint density at radius 1 is 1.13 bits per heavy atom. The molecule has 2 aliphatic rings. The molecule has 0 spiro atoms. The summed E-state index contributed by atoms with van der Waals surface area (Å²) in [6.45, 7) is 4.49. The predicted molar refractivity (Wildman–Crippen MR) is 128 cm³/mol. The molecule has 0 aliphatic carbocycles. The molecule has 0 radical (unpaired) electrons. The van der Waals surface area contributed by atoms with Crippen molar-refractivity contribution < 1.29 is 9.84 Å². The van der Waals surface area contributed by atoms with E-state index in [4.69, 9.17) is 16.3 Å². The van der Waals surface area contributed by atoms with Crippen molar-refractivity contribution in [1.82, 2.24) is 4.90 Å². The molecule has 6 heteroatoms. The number of aliphatic hydroxyl groups is 1. The summed E-state index contributed by atoms with van der Waals surface area (Å²) in [4.78, 5) is 3.40. The van der Waals surface area contributed by atoms with Crippen LogP contribution < -0.4 is 4.74 Å². The molecule has 2 heterocycles. The number of hydrogen-bond donors (Lipinski definition) is 1. The summed E-state index contributed by atoms with van der Waals surface area (Å²) in [5, 5.41) is 10.9. The molecule has 2 atom stereocenters. The zero-order valence-electron chi connectivity index (χ0n) is 17.6. The fraction of sp³-hybridized carbons (Fsp3) is 0.500. The third-order valence-corrected chi connectivity index (χ3v) is 8.33. The van der Waals surface area contributed by atoms with Crippen LogP contribution in [0.15, 0.2) is 47.4 Å². The summed E-state index contributed by atoms with van der Waals surface area (Å²) in [5.74, 6) is 1.01. The van der Waals surface area contributed by atoms with Gasteiger partial charge in [0.2, 0.25) is 0 Å². The van der Waals surface area contributed by atoms with Gasteiger partial charge >= 0.3 is 0 Å². The van der Waals surface area contributed by atoms with Crippen LogP contribution >= 0.6 is 35.8 Å². The number of fused-ring (bicyclic) bond motifs is 1. The van der Waals surface area contributed by atoms with Crippen molar-refractivity contribution in [2.24, 2.45) is 0 Å². The Kier molecular flexibility index (Phi) is 8.03. The van der Waals surface area contributed by atoms with Crippen LogP contribution in [0.4, 0.5) is 0 Å². The first-order chi connectivity index (χ1) is 14.1. The van der Waals surface area contributed by atoms with Gasteiger partial charge in [0, 0.05) is 17.1 Å². The zero-order chi connectivity index (χ0) is 20.4. The quantitative estimate of drug-likeness (QED) is 0.482. The molecule has 0 amide bonds. The van der Waals surface area contributed by atoms with Gasteiger partial charge in [-0.2, -0.15) is 0 Å². The summed E-state index contributed by atoms with van der Waals surface area (Å²) in [7, 11) is 0. The van der Waals surface area contributed by atoms with Gasteiger partial charge in [-0.1, -0.05) is 55.4 Å². The normalized spacial score (nSPS) is 22.4. The standard InChI is InChI=1S/C24H30ClNO2S.ClH/c1-3-24(4-2)28-22-14-8-18(15-23(22)29-24)21-13-12-20(26(21)16-27)11-7-17-5-9-19(25)10-6-17;/h5-6,8-10,14-15,20-21,27H,3-4,7,11-13,16H2,1-2H3;1H. The third-order valence-electron chi connectivity index (χ3n) is 6.51. The lowest BCUT2D eigenvalue weighted by molar-refractivity contribution is 0.0596. The molecule has 2 aromatic rings. The van der Waals surface area contributed by atoms with Crippen LogP contribution in [0.25, 0.3) is 0 Å². The Morgan fingerprint density at radius 2 is 1.87 bits per heavy atom. The van der Waals surface area contributed by atoms with Crippen LogP contribution in [-0.4, -0.2) is 27.7 Å². The Balaban J connectivity index is 0.00000256. The van der Waals surface area contributed by atoms with Crippen molar-refractivity contribution in [3.05, 3.63) is 58.6 Å². The molecule has 0 aromatic heterocycles. The zero-order valence-corrected chi connectivity index (χ0v) is 20.0. The second kappa shape index (κ2) is 10.1. The Bertz CT molecular complexity index is 842. The van der Waals surface area contributed by atoms with Crippen molar-refractivity contribution in [2.45, 2.75) is 74.3 Å². The Morgan fingerprint density at radius 3 is 2.53 bits per heavy atom. The molecule has 1 N–H and O–H groups in total. The van der Waals surface area contributed by atoms with Gasteiger partial charge < -0.3 is 9.84 Å².